The van der Waals surface area contributed by atoms with E-state index in [2.05, 4.69) is 28.4 Å². The molecule has 0 fully saturated rings. The molecule has 0 unspecified atom stereocenters. The van der Waals surface area contributed by atoms with Crippen LogP contribution in [-0.4, -0.2) is 34.0 Å². The number of nitrogens with zero attached hydrogens (tertiary/aromatic N) is 3. The van der Waals surface area contributed by atoms with Gasteiger partial charge in [-0.15, -0.1) is 18.3 Å². The molecule has 0 spiro atoms. The van der Waals surface area contributed by atoms with Crippen molar-refractivity contribution in [3.8, 4) is 5.88 Å². The summed E-state index contributed by atoms with van der Waals surface area (Å²) < 4.78 is 0. The van der Waals surface area contributed by atoms with Crippen LogP contribution < -0.4 is 0 Å². The Labute approximate surface area is 169 Å². The number of H-pyrrole nitrogens is 1. The van der Waals surface area contributed by atoms with Crippen molar-refractivity contribution in [1.29, 1.82) is 0 Å². The maximum Gasteiger partial charge on any atom is 0.254 e. The van der Waals surface area contributed by atoms with Gasteiger partial charge in [0, 0.05) is 24.0 Å². The van der Waals surface area contributed by atoms with E-state index in [1.54, 1.807) is 41.3 Å². The van der Waals surface area contributed by atoms with Gasteiger partial charge < -0.3 is 15.0 Å². The molecule has 0 aliphatic rings. The third kappa shape index (κ3) is 4.27. The monoisotopic (exact) mass is 388 g/mol. The van der Waals surface area contributed by atoms with Crippen molar-refractivity contribution in [3.63, 3.8) is 0 Å². The highest BCUT2D eigenvalue weighted by molar-refractivity contribution is 5.96. The number of fused-ring (bicyclic) bond motifs is 1. The number of aromatic amines is 1. The minimum atomic E-state index is -0.103. The van der Waals surface area contributed by atoms with Crippen LogP contribution in [0.3, 0.4) is 0 Å². The van der Waals surface area contributed by atoms with Gasteiger partial charge in [0.05, 0.1) is 11.2 Å². The Morgan fingerprint density at radius 1 is 1.10 bits per heavy atom. The summed E-state index contributed by atoms with van der Waals surface area (Å²) in [4.78, 5) is 17.2. The summed E-state index contributed by atoms with van der Waals surface area (Å²) in [7, 11) is 0. The van der Waals surface area contributed by atoms with Crippen LogP contribution in [0.15, 0.2) is 71.9 Å². The zero-order chi connectivity index (χ0) is 21.0. The van der Waals surface area contributed by atoms with Gasteiger partial charge in [0.2, 0.25) is 5.88 Å². The predicted molar refractivity (Wildman–Crippen MR) is 116 cm³/mol. The van der Waals surface area contributed by atoms with Gasteiger partial charge in [0.25, 0.3) is 5.91 Å². The molecule has 0 radical (unpaired) electrons. The molecule has 2 aromatic carbocycles. The molecule has 1 amide bonds. The number of rotatable bonds is 7. The van der Waals surface area contributed by atoms with E-state index >= 15 is 0 Å². The first-order valence-electron chi connectivity index (χ1n) is 9.29. The Hall–Kier alpha value is -3.67. The molecule has 3 rings (SSSR count). The fraction of sp³-hybridized carbons (Fsp3) is 0.174. The number of aryl methyl sites for hydroxylation is 2. The Kier molecular flexibility index (Phi) is 5.93. The Morgan fingerprint density at radius 2 is 1.76 bits per heavy atom. The Morgan fingerprint density at radius 3 is 2.38 bits per heavy atom. The number of aromatic hydroxyl groups is 1. The summed E-state index contributed by atoms with van der Waals surface area (Å²) >= 11 is 0. The summed E-state index contributed by atoms with van der Waals surface area (Å²) in [6, 6.07) is 10.9. The van der Waals surface area contributed by atoms with Gasteiger partial charge in [0.1, 0.15) is 0 Å². The molecule has 0 saturated carbocycles. The zero-order valence-electron chi connectivity index (χ0n) is 16.6. The minimum absolute atomic E-state index is 0.0197. The minimum Gasteiger partial charge on any atom is -0.493 e. The van der Waals surface area contributed by atoms with Crippen molar-refractivity contribution in [3.05, 3.63) is 78.4 Å². The molecule has 1 aromatic heterocycles. The molecule has 0 aliphatic carbocycles. The summed E-state index contributed by atoms with van der Waals surface area (Å²) in [5.74, 6) is -0.123. The van der Waals surface area contributed by atoms with Crippen LogP contribution in [0, 0.1) is 13.8 Å². The Bertz CT molecular complexity index is 1080. The molecule has 1 heterocycles. The fourth-order valence-electron chi connectivity index (χ4n) is 3.24. The van der Waals surface area contributed by atoms with Crippen LogP contribution in [0.25, 0.3) is 10.9 Å². The molecule has 148 valence electrons. The third-order valence-electron chi connectivity index (χ3n) is 4.57. The first-order chi connectivity index (χ1) is 13.9. The molecule has 0 atom stereocenters. The van der Waals surface area contributed by atoms with Gasteiger partial charge in [0.15, 0.2) is 5.69 Å². The van der Waals surface area contributed by atoms with Crippen molar-refractivity contribution in [2.24, 2.45) is 10.2 Å². The largest absolute Gasteiger partial charge is 0.493 e. The summed E-state index contributed by atoms with van der Waals surface area (Å²) in [5.41, 5.74) is 4.48. The number of hydrogen-bond acceptors (Lipinski definition) is 4. The van der Waals surface area contributed by atoms with Gasteiger partial charge in [-0.1, -0.05) is 23.8 Å². The van der Waals surface area contributed by atoms with Crippen molar-refractivity contribution in [2.45, 2.75) is 13.8 Å². The molecule has 0 aliphatic heterocycles. The quantitative estimate of drug-likeness (QED) is 0.401. The van der Waals surface area contributed by atoms with Crippen molar-refractivity contribution < 1.29 is 9.90 Å². The van der Waals surface area contributed by atoms with E-state index in [0.29, 0.717) is 30.0 Å². The number of carbonyl (C=O) groups excluding carboxylic acids is 1. The average Bonchev–Trinajstić information content (AvgIpc) is 3.01. The summed E-state index contributed by atoms with van der Waals surface area (Å²) in [6.07, 6.45) is 3.36. The summed E-state index contributed by atoms with van der Waals surface area (Å²) in [5, 5.41) is 19.5. The standard InChI is InChI=1S/C23H24N4O2/c1-5-11-27(12-6-2)23(29)17-7-9-18(10-8-17)25-26-21-19-14-15(3)13-16(4)20(19)24-22(21)28/h5-10,13-14,24,28H,1-2,11-12H2,3-4H3. The van der Waals surface area contributed by atoms with Gasteiger partial charge in [-0.2, -0.15) is 5.11 Å². The summed E-state index contributed by atoms with van der Waals surface area (Å²) in [6.45, 7) is 12.2. The average molecular weight is 388 g/mol. The lowest BCUT2D eigenvalue weighted by Crippen LogP contribution is -2.31. The molecule has 0 bridgehead atoms. The van der Waals surface area contributed by atoms with Crippen molar-refractivity contribution in [2.75, 3.05) is 13.1 Å². The maximum absolute atomic E-state index is 12.6. The van der Waals surface area contributed by atoms with E-state index in [-0.39, 0.29) is 11.8 Å². The molecular weight excluding hydrogens is 364 g/mol. The van der Waals surface area contributed by atoms with Gasteiger partial charge in [-0.05, 0) is 49.7 Å². The molecular formula is C23H24N4O2. The van der Waals surface area contributed by atoms with Crippen molar-refractivity contribution >= 4 is 28.2 Å². The number of hydrogen-bond donors (Lipinski definition) is 2. The van der Waals surface area contributed by atoms with Gasteiger partial charge >= 0.3 is 0 Å². The predicted octanol–water partition coefficient (Wildman–Crippen LogP) is 5.72. The second-order valence-corrected chi connectivity index (χ2v) is 6.86. The van der Waals surface area contributed by atoms with Crippen LogP contribution in [0.1, 0.15) is 21.5 Å². The van der Waals surface area contributed by atoms with Gasteiger partial charge in [-0.3, -0.25) is 4.79 Å². The third-order valence-corrected chi connectivity index (χ3v) is 4.57. The number of carbonyl (C=O) groups is 1. The Balaban J connectivity index is 1.85. The molecule has 6 nitrogen and oxygen atoms in total. The van der Waals surface area contributed by atoms with E-state index in [9.17, 15) is 9.90 Å². The van der Waals surface area contributed by atoms with Crippen LogP contribution in [0.5, 0.6) is 5.88 Å². The lowest BCUT2D eigenvalue weighted by Gasteiger charge is -2.19. The number of nitrogens with one attached hydrogen (secondary N) is 1. The first kappa shape index (κ1) is 20.1. The number of aromatic nitrogens is 1. The van der Waals surface area contributed by atoms with Crippen LogP contribution in [0.4, 0.5) is 11.4 Å². The molecule has 29 heavy (non-hydrogen) atoms. The normalized spacial score (nSPS) is 11.1. The van der Waals surface area contributed by atoms with E-state index in [1.165, 1.54) is 0 Å². The lowest BCUT2D eigenvalue weighted by atomic mass is 10.1. The first-order valence-corrected chi connectivity index (χ1v) is 9.29. The van der Waals surface area contributed by atoms with Crippen LogP contribution in [-0.2, 0) is 0 Å². The SMILES string of the molecule is C=CCN(CC=C)C(=O)c1ccc(N=Nc2c(O)[nH]c3c(C)cc(C)cc23)cc1. The molecule has 6 heteroatoms. The van der Waals surface area contributed by atoms with E-state index in [1.807, 2.05) is 26.0 Å². The zero-order valence-corrected chi connectivity index (χ0v) is 16.6. The highest BCUT2D eigenvalue weighted by Crippen LogP contribution is 2.38. The molecule has 2 N–H and O–H groups in total. The smallest absolute Gasteiger partial charge is 0.254 e. The highest BCUT2D eigenvalue weighted by atomic mass is 16.3. The van der Waals surface area contributed by atoms with Gasteiger partial charge in [-0.25, -0.2) is 0 Å². The fourth-order valence-corrected chi connectivity index (χ4v) is 3.24. The maximum atomic E-state index is 12.6. The van der Waals surface area contributed by atoms with E-state index < -0.39 is 0 Å². The lowest BCUT2D eigenvalue weighted by molar-refractivity contribution is 0.0791. The molecule has 3 aromatic rings. The number of benzene rings is 2. The van der Waals surface area contributed by atoms with Crippen molar-refractivity contribution in [1.82, 2.24) is 9.88 Å². The van der Waals surface area contributed by atoms with Crippen LogP contribution in [0.2, 0.25) is 0 Å². The van der Waals surface area contributed by atoms with E-state index in [4.69, 9.17) is 0 Å². The number of amides is 1. The number of azo groups is 1. The van der Waals surface area contributed by atoms with E-state index in [0.717, 1.165) is 22.0 Å². The second-order valence-electron chi connectivity index (χ2n) is 6.86. The second kappa shape index (κ2) is 8.56. The molecule has 0 saturated heterocycles. The van der Waals surface area contributed by atoms with Crippen LogP contribution >= 0.6 is 0 Å². The topological polar surface area (TPSA) is 81.1 Å². The highest BCUT2D eigenvalue weighted by Gasteiger charge is 2.14.